The van der Waals surface area contributed by atoms with Gasteiger partial charge in [-0.1, -0.05) is 42.3 Å². The van der Waals surface area contributed by atoms with Gasteiger partial charge in [-0.05, 0) is 31.0 Å². The lowest BCUT2D eigenvalue weighted by Gasteiger charge is -2.15. The van der Waals surface area contributed by atoms with Crippen molar-refractivity contribution in [3.63, 3.8) is 0 Å². The lowest BCUT2D eigenvalue weighted by Crippen LogP contribution is -2.09. The molecule has 0 amide bonds. The van der Waals surface area contributed by atoms with Crippen molar-refractivity contribution in [2.24, 2.45) is 0 Å². The SMILES string of the molecule is CCOC(CC)c1nc(Cl)c(-c2cccc(F)c2)c(Cl)n1. The molecule has 0 N–H and O–H groups in total. The van der Waals surface area contributed by atoms with Crippen molar-refractivity contribution < 1.29 is 9.13 Å². The molecule has 1 aromatic carbocycles. The molecule has 0 radical (unpaired) electrons. The van der Waals surface area contributed by atoms with Crippen molar-refractivity contribution in [1.82, 2.24) is 9.97 Å². The second-order valence-corrected chi connectivity index (χ2v) is 5.12. The number of aromatic nitrogens is 2. The van der Waals surface area contributed by atoms with Crippen molar-refractivity contribution in [3.05, 3.63) is 46.2 Å². The number of hydrogen-bond donors (Lipinski definition) is 0. The summed E-state index contributed by atoms with van der Waals surface area (Å²) in [6, 6.07) is 5.98. The lowest BCUT2D eigenvalue weighted by atomic mass is 10.1. The molecule has 0 fully saturated rings. The summed E-state index contributed by atoms with van der Waals surface area (Å²) >= 11 is 12.4. The molecule has 3 nitrogen and oxygen atoms in total. The monoisotopic (exact) mass is 328 g/mol. The maximum Gasteiger partial charge on any atom is 0.160 e. The topological polar surface area (TPSA) is 35.0 Å². The van der Waals surface area contributed by atoms with Crippen LogP contribution in [0, 0.1) is 5.82 Å². The van der Waals surface area contributed by atoms with E-state index >= 15 is 0 Å². The number of benzene rings is 1. The third-order valence-electron chi connectivity index (χ3n) is 2.98. The maximum atomic E-state index is 13.3. The molecule has 112 valence electrons. The number of halogens is 3. The van der Waals surface area contributed by atoms with E-state index in [1.807, 2.05) is 13.8 Å². The molecule has 1 aromatic heterocycles. The molecule has 0 aliphatic heterocycles. The van der Waals surface area contributed by atoms with Gasteiger partial charge in [-0.2, -0.15) is 0 Å². The van der Waals surface area contributed by atoms with Crippen molar-refractivity contribution in [1.29, 1.82) is 0 Å². The quantitative estimate of drug-likeness (QED) is 0.718. The van der Waals surface area contributed by atoms with Gasteiger partial charge in [0.1, 0.15) is 22.2 Å². The summed E-state index contributed by atoms with van der Waals surface area (Å²) in [5, 5.41) is 0.377. The minimum Gasteiger partial charge on any atom is -0.371 e. The molecule has 2 aromatic rings. The van der Waals surface area contributed by atoms with Crippen LogP contribution in [0.25, 0.3) is 11.1 Å². The summed E-state index contributed by atoms with van der Waals surface area (Å²) in [5.74, 6) is 0.0685. The summed E-state index contributed by atoms with van der Waals surface area (Å²) in [5.41, 5.74) is 0.967. The Kier molecular flexibility index (Phi) is 5.51. The van der Waals surface area contributed by atoms with Gasteiger partial charge in [-0.3, -0.25) is 0 Å². The summed E-state index contributed by atoms with van der Waals surface area (Å²) in [6.07, 6.45) is 0.450. The number of rotatable bonds is 5. The van der Waals surface area contributed by atoms with Crippen LogP contribution >= 0.6 is 23.2 Å². The van der Waals surface area contributed by atoms with E-state index in [1.165, 1.54) is 12.1 Å². The largest absolute Gasteiger partial charge is 0.371 e. The molecule has 0 aliphatic carbocycles. The first-order valence-corrected chi connectivity index (χ1v) is 7.42. The van der Waals surface area contributed by atoms with Gasteiger partial charge in [-0.15, -0.1) is 0 Å². The molecule has 2 rings (SSSR count). The molecule has 0 bridgehead atoms. The summed E-state index contributed by atoms with van der Waals surface area (Å²) in [4.78, 5) is 8.50. The highest BCUT2D eigenvalue weighted by Crippen LogP contribution is 2.34. The first-order chi connectivity index (χ1) is 10.1. The average Bonchev–Trinajstić information content (AvgIpc) is 2.44. The van der Waals surface area contributed by atoms with Crippen molar-refractivity contribution in [2.45, 2.75) is 26.4 Å². The minimum atomic E-state index is -0.371. The Balaban J connectivity index is 2.47. The molecule has 0 saturated heterocycles. The van der Waals surface area contributed by atoms with E-state index < -0.39 is 0 Å². The van der Waals surface area contributed by atoms with E-state index in [0.717, 1.165) is 0 Å². The predicted octanol–water partition coefficient (Wildman–Crippen LogP) is 5.08. The van der Waals surface area contributed by atoms with Gasteiger partial charge in [0.2, 0.25) is 0 Å². The Morgan fingerprint density at radius 3 is 2.38 bits per heavy atom. The van der Waals surface area contributed by atoms with Crippen LogP contribution in [0.3, 0.4) is 0 Å². The van der Waals surface area contributed by atoms with Crippen LogP contribution in [-0.4, -0.2) is 16.6 Å². The Labute approximate surface area is 133 Å². The van der Waals surface area contributed by atoms with Gasteiger partial charge in [-0.25, -0.2) is 14.4 Å². The molecule has 0 saturated carbocycles. The predicted molar refractivity (Wildman–Crippen MR) is 82.1 cm³/mol. The molecule has 6 heteroatoms. The van der Waals surface area contributed by atoms with Crippen LogP contribution in [0.15, 0.2) is 24.3 Å². The van der Waals surface area contributed by atoms with Gasteiger partial charge in [0.05, 0.1) is 5.56 Å². The van der Waals surface area contributed by atoms with E-state index in [9.17, 15) is 4.39 Å². The fraction of sp³-hybridized carbons (Fsp3) is 0.333. The van der Waals surface area contributed by atoms with Gasteiger partial charge >= 0.3 is 0 Å². The van der Waals surface area contributed by atoms with Gasteiger partial charge in [0, 0.05) is 6.61 Å². The fourth-order valence-electron chi connectivity index (χ4n) is 2.03. The van der Waals surface area contributed by atoms with Crippen molar-refractivity contribution in [3.8, 4) is 11.1 Å². The van der Waals surface area contributed by atoms with Crippen LogP contribution < -0.4 is 0 Å². The highest BCUT2D eigenvalue weighted by molar-refractivity contribution is 6.37. The van der Waals surface area contributed by atoms with Crippen LogP contribution in [0.5, 0.6) is 0 Å². The summed E-state index contributed by atoms with van der Waals surface area (Å²) in [6.45, 7) is 4.40. The standard InChI is InChI=1S/C15H15Cl2FN2O/c1-3-11(21-4-2)15-19-13(16)12(14(17)20-15)9-6-5-7-10(18)8-9/h5-8,11H,3-4H2,1-2H3. The fourth-order valence-corrected chi connectivity index (χ4v) is 2.64. The van der Waals surface area contributed by atoms with Crippen LogP contribution in [0.2, 0.25) is 10.3 Å². The zero-order valence-corrected chi connectivity index (χ0v) is 13.2. The molecular weight excluding hydrogens is 314 g/mol. The average molecular weight is 329 g/mol. The van der Waals surface area contributed by atoms with Gasteiger partial charge < -0.3 is 4.74 Å². The molecular formula is C15H15Cl2FN2O. The van der Waals surface area contributed by atoms with Crippen LogP contribution in [0.4, 0.5) is 4.39 Å². The van der Waals surface area contributed by atoms with E-state index in [-0.39, 0.29) is 22.2 Å². The lowest BCUT2D eigenvalue weighted by molar-refractivity contribution is 0.0535. The number of nitrogens with zero attached hydrogens (tertiary/aromatic N) is 2. The highest BCUT2D eigenvalue weighted by atomic mass is 35.5. The van der Waals surface area contributed by atoms with Crippen LogP contribution in [-0.2, 0) is 4.74 Å². The second kappa shape index (κ2) is 7.16. The summed E-state index contributed by atoms with van der Waals surface area (Å²) in [7, 11) is 0. The van der Waals surface area contributed by atoms with E-state index in [2.05, 4.69) is 9.97 Å². The highest BCUT2D eigenvalue weighted by Gasteiger charge is 2.19. The van der Waals surface area contributed by atoms with E-state index in [4.69, 9.17) is 27.9 Å². The minimum absolute atomic E-state index is 0.189. The number of ether oxygens (including phenoxy) is 1. The molecule has 1 unspecified atom stereocenters. The van der Waals surface area contributed by atoms with E-state index in [1.54, 1.807) is 12.1 Å². The van der Waals surface area contributed by atoms with Gasteiger partial charge in [0.25, 0.3) is 0 Å². The second-order valence-electron chi connectivity index (χ2n) is 4.40. The molecule has 1 heterocycles. The zero-order chi connectivity index (χ0) is 15.4. The molecule has 0 spiro atoms. The molecule has 0 aliphatic rings. The Hall–Kier alpha value is -1.23. The Bertz CT molecular complexity index is 614. The number of hydrogen-bond acceptors (Lipinski definition) is 3. The maximum absolute atomic E-state index is 13.3. The van der Waals surface area contributed by atoms with E-state index in [0.29, 0.717) is 30.0 Å². The first-order valence-electron chi connectivity index (χ1n) is 6.67. The molecule has 21 heavy (non-hydrogen) atoms. The zero-order valence-electron chi connectivity index (χ0n) is 11.7. The normalized spacial score (nSPS) is 12.4. The third-order valence-corrected chi connectivity index (χ3v) is 3.52. The van der Waals surface area contributed by atoms with Crippen molar-refractivity contribution >= 4 is 23.2 Å². The smallest absolute Gasteiger partial charge is 0.160 e. The third kappa shape index (κ3) is 3.70. The molecule has 1 atom stereocenters. The Morgan fingerprint density at radius 1 is 1.19 bits per heavy atom. The Morgan fingerprint density at radius 2 is 1.86 bits per heavy atom. The first kappa shape index (κ1) is 16.1. The van der Waals surface area contributed by atoms with Crippen LogP contribution in [0.1, 0.15) is 32.2 Å². The summed E-state index contributed by atoms with van der Waals surface area (Å²) < 4.78 is 18.9. The van der Waals surface area contributed by atoms with Crippen molar-refractivity contribution in [2.75, 3.05) is 6.61 Å². The van der Waals surface area contributed by atoms with Gasteiger partial charge in [0.15, 0.2) is 5.82 Å².